The van der Waals surface area contributed by atoms with Crippen molar-refractivity contribution in [3.8, 4) is 11.6 Å². The molecule has 4 nitrogen and oxygen atoms in total. The molecule has 0 saturated carbocycles. The number of hydrogen-bond donors (Lipinski definition) is 0. The molecule has 100 valence electrons. The predicted octanol–water partition coefficient (Wildman–Crippen LogP) is 3.52. The summed E-state index contributed by atoms with van der Waals surface area (Å²) in [5.74, 6) is 0.221. The molecule has 0 unspecified atom stereocenters. The van der Waals surface area contributed by atoms with Crippen LogP contribution in [0.4, 0.5) is 4.39 Å². The van der Waals surface area contributed by atoms with Gasteiger partial charge >= 0.3 is 0 Å². The monoisotopic (exact) mass is 282 g/mol. The van der Waals surface area contributed by atoms with Crippen molar-refractivity contribution in [1.82, 2.24) is 9.97 Å². The number of aryl methyl sites for hydroxylation is 1. The number of aromatic nitrogens is 2. The second-order valence-electron chi connectivity index (χ2n) is 3.87. The van der Waals surface area contributed by atoms with Crippen molar-refractivity contribution in [3.05, 3.63) is 46.6 Å². The van der Waals surface area contributed by atoms with Gasteiger partial charge < -0.3 is 9.47 Å². The van der Waals surface area contributed by atoms with E-state index in [1.807, 2.05) is 0 Å². The van der Waals surface area contributed by atoms with Crippen LogP contribution < -0.4 is 4.74 Å². The summed E-state index contributed by atoms with van der Waals surface area (Å²) in [5, 5.41) is 0.213. The van der Waals surface area contributed by atoms with E-state index in [1.165, 1.54) is 19.2 Å². The topological polar surface area (TPSA) is 44.2 Å². The van der Waals surface area contributed by atoms with Crippen LogP contribution in [0.15, 0.2) is 24.3 Å². The van der Waals surface area contributed by atoms with Crippen LogP contribution in [-0.2, 0) is 11.3 Å². The highest BCUT2D eigenvalue weighted by Gasteiger charge is 2.10. The summed E-state index contributed by atoms with van der Waals surface area (Å²) in [6.45, 7) is 1.86. The minimum absolute atomic E-state index is 0.0955. The normalized spacial score (nSPS) is 10.5. The summed E-state index contributed by atoms with van der Waals surface area (Å²) in [5.41, 5.74) is 0.495. The van der Waals surface area contributed by atoms with Crippen molar-refractivity contribution >= 4 is 11.6 Å². The largest absolute Gasteiger partial charge is 0.436 e. The first-order valence-electron chi connectivity index (χ1n) is 5.55. The Labute approximate surface area is 115 Å². The summed E-state index contributed by atoms with van der Waals surface area (Å²) in [6.07, 6.45) is 0. The Bertz CT molecular complexity index is 593. The van der Waals surface area contributed by atoms with Crippen molar-refractivity contribution in [2.24, 2.45) is 0 Å². The van der Waals surface area contributed by atoms with Crippen molar-refractivity contribution < 1.29 is 13.9 Å². The van der Waals surface area contributed by atoms with E-state index in [-0.39, 0.29) is 23.4 Å². The van der Waals surface area contributed by atoms with Gasteiger partial charge in [0.1, 0.15) is 11.8 Å². The highest BCUT2D eigenvalue weighted by molar-refractivity contribution is 6.29. The Hall–Kier alpha value is -1.72. The van der Waals surface area contributed by atoms with E-state index in [0.29, 0.717) is 11.4 Å². The summed E-state index contributed by atoms with van der Waals surface area (Å²) < 4.78 is 24.1. The fourth-order valence-electron chi connectivity index (χ4n) is 1.50. The standard InChI is InChI=1S/C13H12ClFN2O2/c1-8-4-3-5-9(13(8)15)19-12-6-10(14)16-11(17-12)7-18-2/h3-6H,7H2,1-2H3. The van der Waals surface area contributed by atoms with Gasteiger partial charge in [0.15, 0.2) is 17.4 Å². The molecule has 19 heavy (non-hydrogen) atoms. The van der Waals surface area contributed by atoms with Crippen molar-refractivity contribution in [1.29, 1.82) is 0 Å². The van der Waals surface area contributed by atoms with Crippen LogP contribution in [0.1, 0.15) is 11.4 Å². The molecule has 0 aliphatic rings. The molecule has 2 aromatic rings. The average Bonchev–Trinajstić information content (AvgIpc) is 2.35. The van der Waals surface area contributed by atoms with Crippen molar-refractivity contribution in [2.45, 2.75) is 13.5 Å². The predicted molar refractivity (Wildman–Crippen MR) is 69.0 cm³/mol. The number of hydrogen-bond acceptors (Lipinski definition) is 4. The fraction of sp³-hybridized carbons (Fsp3) is 0.231. The lowest BCUT2D eigenvalue weighted by molar-refractivity contribution is 0.177. The van der Waals surface area contributed by atoms with E-state index < -0.39 is 5.82 Å². The Balaban J connectivity index is 2.30. The number of halogens is 2. The molecular weight excluding hydrogens is 271 g/mol. The molecule has 0 aliphatic carbocycles. The minimum Gasteiger partial charge on any atom is -0.436 e. The summed E-state index contributed by atoms with van der Waals surface area (Å²) in [6, 6.07) is 6.30. The molecule has 2 rings (SSSR count). The third-order valence-electron chi connectivity index (χ3n) is 2.36. The van der Waals surface area contributed by atoms with Gasteiger partial charge in [0.05, 0.1) is 0 Å². The molecule has 0 fully saturated rings. The molecule has 0 bridgehead atoms. The minimum atomic E-state index is -0.425. The molecule has 1 aromatic carbocycles. The number of nitrogens with zero attached hydrogens (tertiary/aromatic N) is 2. The quantitative estimate of drug-likeness (QED) is 0.805. The molecule has 0 radical (unpaired) electrons. The van der Waals surface area contributed by atoms with E-state index in [9.17, 15) is 4.39 Å². The molecule has 0 N–H and O–H groups in total. The maximum absolute atomic E-state index is 13.8. The SMILES string of the molecule is COCc1nc(Cl)cc(Oc2cccc(C)c2F)n1. The van der Waals surface area contributed by atoms with Crippen LogP contribution in [0.2, 0.25) is 5.15 Å². The van der Waals surface area contributed by atoms with E-state index >= 15 is 0 Å². The van der Waals surface area contributed by atoms with Crippen LogP contribution in [0, 0.1) is 12.7 Å². The van der Waals surface area contributed by atoms with E-state index in [1.54, 1.807) is 19.1 Å². The molecule has 1 heterocycles. The lowest BCUT2D eigenvalue weighted by Gasteiger charge is -2.08. The highest BCUT2D eigenvalue weighted by Crippen LogP contribution is 2.26. The maximum atomic E-state index is 13.8. The lowest BCUT2D eigenvalue weighted by atomic mass is 10.2. The second-order valence-corrected chi connectivity index (χ2v) is 4.25. The van der Waals surface area contributed by atoms with Crippen molar-refractivity contribution in [3.63, 3.8) is 0 Å². The van der Waals surface area contributed by atoms with E-state index in [4.69, 9.17) is 21.1 Å². The Kier molecular flexibility index (Phi) is 4.29. The van der Waals surface area contributed by atoms with Crippen LogP contribution >= 0.6 is 11.6 Å². The van der Waals surface area contributed by atoms with Gasteiger partial charge in [-0.3, -0.25) is 0 Å². The van der Waals surface area contributed by atoms with Gasteiger partial charge in [0.2, 0.25) is 5.88 Å². The zero-order valence-electron chi connectivity index (χ0n) is 10.5. The summed E-state index contributed by atoms with van der Waals surface area (Å²) in [7, 11) is 1.52. The Morgan fingerprint density at radius 1 is 1.32 bits per heavy atom. The summed E-state index contributed by atoms with van der Waals surface area (Å²) >= 11 is 5.84. The fourth-order valence-corrected chi connectivity index (χ4v) is 1.69. The number of methoxy groups -OCH3 is 1. The van der Waals surface area contributed by atoms with E-state index in [0.717, 1.165) is 0 Å². The van der Waals surface area contributed by atoms with Crippen LogP contribution in [0.3, 0.4) is 0 Å². The van der Waals surface area contributed by atoms with Gasteiger partial charge in [-0.25, -0.2) is 9.37 Å². The first kappa shape index (κ1) is 13.7. The van der Waals surface area contributed by atoms with Crippen LogP contribution in [0.5, 0.6) is 11.6 Å². The molecule has 0 aliphatic heterocycles. The second kappa shape index (κ2) is 5.95. The smallest absolute Gasteiger partial charge is 0.224 e. The van der Waals surface area contributed by atoms with E-state index in [2.05, 4.69) is 9.97 Å². The van der Waals surface area contributed by atoms with Gasteiger partial charge in [-0.2, -0.15) is 4.98 Å². The molecule has 0 spiro atoms. The van der Waals surface area contributed by atoms with Crippen molar-refractivity contribution in [2.75, 3.05) is 7.11 Å². The maximum Gasteiger partial charge on any atom is 0.224 e. The van der Waals surface area contributed by atoms with Gasteiger partial charge in [-0.05, 0) is 18.6 Å². The molecule has 0 atom stereocenters. The van der Waals surface area contributed by atoms with Crippen LogP contribution in [0.25, 0.3) is 0 Å². The lowest BCUT2D eigenvalue weighted by Crippen LogP contribution is -2.00. The number of benzene rings is 1. The third kappa shape index (κ3) is 3.39. The van der Waals surface area contributed by atoms with Crippen LogP contribution in [-0.4, -0.2) is 17.1 Å². The Morgan fingerprint density at radius 3 is 2.84 bits per heavy atom. The number of rotatable bonds is 4. The first-order valence-corrected chi connectivity index (χ1v) is 5.93. The zero-order valence-corrected chi connectivity index (χ0v) is 11.2. The molecule has 0 amide bonds. The van der Waals surface area contributed by atoms with Gasteiger partial charge in [-0.1, -0.05) is 23.7 Å². The molecular formula is C13H12ClFN2O2. The zero-order chi connectivity index (χ0) is 13.8. The third-order valence-corrected chi connectivity index (χ3v) is 2.56. The first-order chi connectivity index (χ1) is 9.10. The highest BCUT2D eigenvalue weighted by atomic mass is 35.5. The van der Waals surface area contributed by atoms with Gasteiger partial charge in [0, 0.05) is 13.2 Å². The molecule has 6 heteroatoms. The summed E-state index contributed by atoms with van der Waals surface area (Å²) in [4.78, 5) is 8.04. The molecule has 1 aromatic heterocycles. The Morgan fingerprint density at radius 2 is 2.11 bits per heavy atom. The molecule has 0 saturated heterocycles. The van der Waals surface area contributed by atoms with Gasteiger partial charge in [0.25, 0.3) is 0 Å². The number of ether oxygens (including phenoxy) is 2. The van der Waals surface area contributed by atoms with Gasteiger partial charge in [-0.15, -0.1) is 0 Å². The average molecular weight is 283 g/mol.